The van der Waals surface area contributed by atoms with Crippen molar-refractivity contribution in [3.8, 4) is 0 Å². The highest BCUT2D eigenvalue weighted by Gasteiger charge is 2.21. The van der Waals surface area contributed by atoms with Crippen LogP contribution in [0.3, 0.4) is 0 Å². The summed E-state index contributed by atoms with van der Waals surface area (Å²) < 4.78 is 0. The zero-order valence-electron chi connectivity index (χ0n) is 8.58. The van der Waals surface area contributed by atoms with Crippen LogP contribution in [0.25, 0.3) is 5.32 Å². The number of piperidine rings is 1. The molecule has 0 bridgehead atoms. The van der Waals surface area contributed by atoms with E-state index in [1.54, 1.807) is 0 Å². The minimum absolute atomic E-state index is 0.839. The summed E-state index contributed by atoms with van der Waals surface area (Å²) in [7, 11) is 2.22. The highest BCUT2D eigenvalue weighted by molar-refractivity contribution is 4.92. The van der Waals surface area contributed by atoms with Gasteiger partial charge in [-0.3, -0.25) is 4.90 Å². The van der Waals surface area contributed by atoms with E-state index in [1.165, 1.54) is 39.0 Å². The molecule has 0 radical (unpaired) electrons. The molecule has 3 heteroatoms. The maximum absolute atomic E-state index is 4.40. The summed E-state index contributed by atoms with van der Waals surface area (Å²) in [5, 5.41) is 4.40. The van der Waals surface area contributed by atoms with Gasteiger partial charge in [-0.15, -0.1) is 13.1 Å². The standard InChI is InChI=1S/C10H20N3/c1-12-6-8-13(9-7-12)10-2-4-11-5-3-10/h10H,2-9H2,1H3/q-1. The van der Waals surface area contributed by atoms with Crippen LogP contribution in [0, 0.1) is 0 Å². The fourth-order valence-corrected chi connectivity index (χ4v) is 2.29. The molecule has 0 aromatic carbocycles. The smallest absolute Gasteiger partial charge is 0.0113 e. The second-order valence-electron chi connectivity index (χ2n) is 4.24. The fourth-order valence-electron chi connectivity index (χ4n) is 2.29. The molecule has 3 nitrogen and oxygen atoms in total. The Balaban J connectivity index is 1.79. The van der Waals surface area contributed by atoms with Crippen LogP contribution < -0.4 is 0 Å². The van der Waals surface area contributed by atoms with Crippen LogP contribution in [0.1, 0.15) is 12.8 Å². The average Bonchev–Trinajstić information content (AvgIpc) is 2.20. The van der Waals surface area contributed by atoms with E-state index < -0.39 is 0 Å². The zero-order chi connectivity index (χ0) is 9.10. The Morgan fingerprint density at radius 2 is 1.62 bits per heavy atom. The number of likely N-dealkylation sites (N-methyl/N-ethyl adjacent to an activating group) is 1. The lowest BCUT2D eigenvalue weighted by Crippen LogP contribution is -2.50. The van der Waals surface area contributed by atoms with Crippen LogP contribution in [0.5, 0.6) is 0 Å². The van der Waals surface area contributed by atoms with E-state index in [-0.39, 0.29) is 0 Å². The zero-order valence-corrected chi connectivity index (χ0v) is 8.58. The monoisotopic (exact) mass is 182 g/mol. The Bertz CT molecular complexity index is 146. The first kappa shape index (κ1) is 9.44. The van der Waals surface area contributed by atoms with Crippen LogP contribution in [-0.2, 0) is 0 Å². The van der Waals surface area contributed by atoms with Gasteiger partial charge in [0.15, 0.2) is 0 Å². The Morgan fingerprint density at radius 1 is 1.00 bits per heavy atom. The fraction of sp³-hybridized carbons (Fsp3) is 1.00. The molecule has 2 rings (SSSR count). The van der Waals surface area contributed by atoms with Crippen LogP contribution >= 0.6 is 0 Å². The topological polar surface area (TPSA) is 20.6 Å². The Kier molecular flexibility index (Phi) is 3.19. The van der Waals surface area contributed by atoms with Gasteiger partial charge >= 0.3 is 0 Å². The molecule has 2 saturated heterocycles. The average molecular weight is 182 g/mol. The van der Waals surface area contributed by atoms with Gasteiger partial charge in [0.05, 0.1) is 0 Å². The van der Waals surface area contributed by atoms with Crippen molar-refractivity contribution in [2.24, 2.45) is 0 Å². The van der Waals surface area contributed by atoms with E-state index in [1.807, 2.05) is 0 Å². The summed E-state index contributed by atoms with van der Waals surface area (Å²) in [5.74, 6) is 0. The normalized spacial score (nSPS) is 29.3. The van der Waals surface area contributed by atoms with Gasteiger partial charge in [-0.1, -0.05) is 12.8 Å². The van der Waals surface area contributed by atoms with Crippen molar-refractivity contribution < 1.29 is 0 Å². The van der Waals surface area contributed by atoms with Crippen LogP contribution in [0.2, 0.25) is 0 Å². The predicted octanol–water partition coefficient (Wildman–Crippen LogP) is 0.770. The molecule has 0 N–H and O–H groups in total. The summed E-state index contributed by atoms with van der Waals surface area (Å²) in [4.78, 5) is 5.08. The van der Waals surface area contributed by atoms with Crippen LogP contribution in [-0.4, -0.2) is 62.2 Å². The molecule has 0 saturated carbocycles. The summed E-state index contributed by atoms with van der Waals surface area (Å²) in [6.07, 6.45) is 2.59. The van der Waals surface area contributed by atoms with Crippen LogP contribution in [0.15, 0.2) is 0 Å². The minimum atomic E-state index is 0.839. The molecule has 0 aromatic heterocycles. The number of nitrogens with zero attached hydrogens (tertiary/aromatic N) is 3. The highest BCUT2D eigenvalue weighted by Crippen LogP contribution is 2.18. The predicted molar refractivity (Wildman–Crippen MR) is 55.2 cm³/mol. The molecular formula is C10H20N3-. The molecule has 0 aliphatic carbocycles. The molecule has 2 aliphatic heterocycles. The van der Waals surface area contributed by atoms with Gasteiger partial charge in [-0.25, -0.2) is 0 Å². The van der Waals surface area contributed by atoms with E-state index in [0.29, 0.717) is 0 Å². The quantitative estimate of drug-likeness (QED) is 0.597. The lowest BCUT2D eigenvalue weighted by molar-refractivity contribution is 0.102. The molecule has 2 aliphatic rings. The number of rotatable bonds is 1. The number of hydrogen-bond donors (Lipinski definition) is 0. The molecule has 0 atom stereocenters. The maximum Gasteiger partial charge on any atom is 0.0113 e. The van der Waals surface area contributed by atoms with Gasteiger partial charge < -0.3 is 10.2 Å². The van der Waals surface area contributed by atoms with Gasteiger partial charge in [0.1, 0.15) is 0 Å². The second-order valence-corrected chi connectivity index (χ2v) is 4.24. The molecule has 0 aromatic rings. The molecule has 0 unspecified atom stereocenters. The molecule has 2 heterocycles. The Hall–Kier alpha value is -0.120. The summed E-state index contributed by atoms with van der Waals surface area (Å²) in [5.41, 5.74) is 0. The van der Waals surface area contributed by atoms with Gasteiger partial charge in [0.2, 0.25) is 0 Å². The van der Waals surface area contributed by atoms with Gasteiger partial charge in [0, 0.05) is 32.2 Å². The van der Waals surface area contributed by atoms with Crippen molar-refractivity contribution in [1.29, 1.82) is 0 Å². The molecule has 0 spiro atoms. The Labute approximate surface area is 81.1 Å². The van der Waals surface area contributed by atoms with Gasteiger partial charge in [-0.2, -0.15) is 0 Å². The van der Waals surface area contributed by atoms with Crippen molar-refractivity contribution in [3.63, 3.8) is 0 Å². The third-order valence-electron chi connectivity index (χ3n) is 3.30. The highest BCUT2D eigenvalue weighted by atomic mass is 15.3. The van der Waals surface area contributed by atoms with E-state index in [2.05, 4.69) is 22.2 Å². The summed E-state index contributed by atoms with van der Waals surface area (Å²) >= 11 is 0. The van der Waals surface area contributed by atoms with E-state index in [0.717, 1.165) is 19.1 Å². The van der Waals surface area contributed by atoms with Crippen molar-refractivity contribution in [1.82, 2.24) is 9.80 Å². The molecule has 13 heavy (non-hydrogen) atoms. The first-order valence-corrected chi connectivity index (χ1v) is 5.42. The maximum atomic E-state index is 4.40. The second kappa shape index (κ2) is 4.40. The van der Waals surface area contributed by atoms with Crippen molar-refractivity contribution in [3.05, 3.63) is 5.32 Å². The van der Waals surface area contributed by atoms with Gasteiger partial charge in [0.25, 0.3) is 0 Å². The van der Waals surface area contributed by atoms with E-state index in [9.17, 15) is 0 Å². The molecule has 0 amide bonds. The lowest BCUT2D eigenvalue weighted by Gasteiger charge is -2.42. The largest absolute Gasteiger partial charge is 0.662 e. The Morgan fingerprint density at radius 3 is 2.23 bits per heavy atom. The third-order valence-corrected chi connectivity index (χ3v) is 3.30. The lowest BCUT2D eigenvalue weighted by atomic mass is 10.0. The molecule has 2 fully saturated rings. The van der Waals surface area contributed by atoms with Crippen molar-refractivity contribution in [2.75, 3.05) is 46.3 Å². The summed E-state index contributed by atoms with van der Waals surface area (Å²) in [6, 6.07) is 0.839. The molecular weight excluding hydrogens is 162 g/mol. The van der Waals surface area contributed by atoms with E-state index in [4.69, 9.17) is 0 Å². The van der Waals surface area contributed by atoms with Gasteiger partial charge in [-0.05, 0) is 7.05 Å². The van der Waals surface area contributed by atoms with E-state index >= 15 is 0 Å². The third kappa shape index (κ3) is 2.42. The first-order chi connectivity index (χ1) is 6.36. The first-order valence-electron chi connectivity index (χ1n) is 5.42. The summed E-state index contributed by atoms with van der Waals surface area (Å²) in [6.45, 7) is 7.21. The van der Waals surface area contributed by atoms with Crippen molar-refractivity contribution >= 4 is 0 Å². The SMILES string of the molecule is CN1CCN(C2CC[N-]CC2)CC1. The number of piperazine rings is 1. The molecule has 76 valence electrons. The van der Waals surface area contributed by atoms with Crippen molar-refractivity contribution in [2.45, 2.75) is 18.9 Å². The minimum Gasteiger partial charge on any atom is -0.662 e. The van der Waals surface area contributed by atoms with Crippen LogP contribution in [0.4, 0.5) is 0 Å². The number of hydrogen-bond acceptors (Lipinski definition) is 2.